The van der Waals surface area contributed by atoms with Crippen molar-refractivity contribution in [2.75, 3.05) is 13.6 Å². The van der Waals surface area contributed by atoms with Crippen molar-refractivity contribution in [3.8, 4) is 0 Å². The number of nitrogens with two attached hydrogens (primary N) is 1. The lowest BCUT2D eigenvalue weighted by Gasteiger charge is -2.09. The molecule has 0 aliphatic carbocycles. The molecule has 0 aromatic carbocycles. The van der Waals surface area contributed by atoms with Gasteiger partial charge in [0.25, 0.3) is 0 Å². The first kappa shape index (κ1) is 12.4. The van der Waals surface area contributed by atoms with Crippen molar-refractivity contribution in [2.24, 2.45) is 10.7 Å². The van der Waals surface area contributed by atoms with Crippen LogP contribution >= 0.6 is 12.2 Å². The Morgan fingerprint density at radius 2 is 2.19 bits per heavy atom. The van der Waals surface area contributed by atoms with Crippen LogP contribution in [0.15, 0.2) is 29.5 Å². The van der Waals surface area contributed by atoms with Crippen LogP contribution < -0.4 is 16.4 Å². The highest BCUT2D eigenvalue weighted by molar-refractivity contribution is 7.80. The average molecular weight is 237 g/mol. The van der Waals surface area contributed by atoms with Gasteiger partial charge in [0.2, 0.25) is 0 Å². The maximum atomic E-state index is 5.46. The zero-order valence-electron chi connectivity index (χ0n) is 9.10. The fourth-order valence-corrected chi connectivity index (χ4v) is 1.29. The molecule has 0 aliphatic rings. The summed E-state index contributed by atoms with van der Waals surface area (Å²) in [7, 11) is 1.60. The molecule has 1 heterocycles. The number of nitrogens with zero attached hydrogens (tertiary/aromatic N) is 2. The Bertz CT molecular complexity index is 363. The highest BCUT2D eigenvalue weighted by Gasteiger charge is 1.97. The van der Waals surface area contributed by atoms with Gasteiger partial charge in [-0.25, -0.2) is 0 Å². The predicted molar refractivity (Wildman–Crippen MR) is 69.2 cm³/mol. The second-order valence-electron chi connectivity index (χ2n) is 3.10. The van der Waals surface area contributed by atoms with E-state index >= 15 is 0 Å². The molecule has 1 aromatic rings. The summed E-state index contributed by atoms with van der Waals surface area (Å²) in [5, 5.41) is 6.27. The zero-order chi connectivity index (χ0) is 11.8. The Kier molecular flexibility index (Phi) is 5.21. The van der Waals surface area contributed by atoms with Crippen molar-refractivity contribution in [2.45, 2.75) is 6.42 Å². The lowest BCUT2D eigenvalue weighted by Crippen LogP contribution is -2.43. The number of pyridine rings is 1. The summed E-state index contributed by atoms with van der Waals surface area (Å²) in [6.45, 7) is 0.743. The molecule has 16 heavy (non-hydrogen) atoms. The lowest BCUT2D eigenvalue weighted by molar-refractivity contribution is 0.858. The van der Waals surface area contributed by atoms with E-state index in [-0.39, 0.29) is 0 Å². The van der Waals surface area contributed by atoms with E-state index in [4.69, 9.17) is 18.0 Å². The number of hydrogen-bond acceptors (Lipinski definition) is 3. The summed E-state index contributed by atoms with van der Waals surface area (Å²) in [5.41, 5.74) is 6.67. The predicted octanol–water partition coefficient (Wildman–Crippen LogP) is 0.0327. The molecular weight excluding hydrogens is 222 g/mol. The van der Waals surface area contributed by atoms with E-state index in [0.717, 1.165) is 13.0 Å². The third kappa shape index (κ3) is 4.70. The number of aromatic nitrogens is 1. The van der Waals surface area contributed by atoms with Crippen LogP contribution in [0.3, 0.4) is 0 Å². The van der Waals surface area contributed by atoms with Crippen LogP contribution in [0.5, 0.6) is 0 Å². The smallest absolute Gasteiger partial charge is 0.194 e. The monoisotopic (exact) mass is 237 g/mol. The molecule has 86 valence electrons. The molecule has 5 nitrogen and oxygen atoms in total. The van der Waals surface area contributed by atoms with Crippen molar-refractivity contribution in [1.29, 1.82) is 0 Å². The summed E-state index contributed by atoms with van der Waals surface area (Å²) in [5.74, 6) is 0.307. The van der Waals surface area contributed by atoms with E-state index in [9.17, 15) is 0 Å². The number of rotatable bonds is 3. The van der Waals surface area contributed by atoms with E-state index in [0.29, 0.717) is 11.1 Å². The summed E-state index contributed by atoms with van der Waals surface area (Å²) >= 11 is 5.02. The van der Waals surface area contributed by atoms with Gasteiger partial charge in [-0.3, -0.25) is 9.98 Å². The Labute approximate surface area is 100 Å². The van der Waals surface area contributed by atoms with Gasteiger partial charge in [-0.1, -0.05) is 0 Å². The van der Waals surface area contributed by atoms with E-state index in [1.54, 1.807) is 19.4 Å². The second kappa shape index (κ2) is 6.73. The van der Waals surface area contributed by atoms with Crippen molar-refractivity contribution in [3.63, 3.8) is 0 Å². The van der Waals surface area contributed by atoms with Gasteiger partial charge in [0.15, 0.2) is 11.1 Å². The van der Waals surface area contributed by atoms with Crippen LogP contribution in [0.2, 0.25) is 0 Å². The largest absolute Gasteiger partial charge is 0.370 e. The van der Waals surface area contributed by atoms with Crippen LogP contribution in [-0.4, -0.2) is 29.6 Å². The Morgan fingerprint density at radius 3 is 2.81 bits per heavy atom. The molecule has 0 spiro atoms. The van der Waals surface area contributed by atoms with Crippen LogP contribution in [0.4, 0.5) is 0 Å². The summed E-state index contributed by atoms with van der Waals surface area (Å²) in [4.78, 5) is 7.69. The van der Waals surface area contributed by atoms with Gasteiger partial charge in [0.1, 0.15) is 0 Å². The minimum Gasteiger partial charge on any atom is -0.370 e. The third-order valence-corrected chi connectivity index (χ3v) is 2.18. The number of guanidine groups is 1. The molecule has 0 saturated carbocycles. The van der Waals surface area contributed by atoms with Crippen LogP contribution in [0.25, 0.3) is 0 Å². The van der Waals surface area contributed by atoms with E-state index in [1.165, 1.54) is 5.56 Å². The molecular formula is C10H15N5S. The van der Waals surface area contributed by atoms with Gasteiger partial charge in [0, 0.05) is 26.0 Å². The van der Waals surface area contributed by atoms with E-state index < -0.39 is 0 Å². The molecule has 4 N–H and O–H groups in total. The minimum atomic E-state index is 0.307. The molecule has 0 radical (unpaired) electrons. The minimum absolute atomic E-state index is 0.307. The van der Waals surface area contributed by atoms with Crippen molar-refractivity contribution < 1.29 is 0 Å². The zero-order valence-corrected chi connectivity index (χ0v) is 9.92. The second-order valence-corrected chi connectivity index (χ2v) is 3.50. The topological polar surface area (TPSA) is 75.3 Å². The first-order valence-corrected chi connectivity index (χ1v) is 5.29. The molecule has 6 heteroatoms. The van der Waals surface area contributed by atoms with Gasteiger partial charge >= 0.3 is 0 Å². The molecule has 0 amide bonds. The summed E-state index contributed by atoms with van der Waals surface area (Å²) in [6.07, 6.45) is 4.43. The van der Waals surface area contributed by atoms with Gasteiger partial charge in [-0.15, -0.1) is 0 Å². The van der Waals surface area contributed by atoms with Crippen LogP contribution in [-0.2, 0) is 6.42 Å². The average Bonchev–Trinajstić information content (AvgIpc) is 2.30. The number of aliphatic imine (C=N–C) groups is 1. The fourth-order valence-electron chi connectivity index (χ4n) is 1.09. The Balaban J connectivity index is 2.23. The quantitative estimate of drug-likeness (QED) is 0.393. The summed E-state index contributed by atoms with van der Waals surface area (Å²) < 4.78 is 0. The standard InChI is InChI=1S/C10H15N5S/c1-12-9(11)15-10(16)14-7-4-8-2-5-13-6-3-8/h2-3,5-6H,4,7H2,1H3,(H4,11,12,14,15,16). The SMILES string of the molecule is CN=C(N)NC(=S)NCCc1ccncc1. The van der Waals surface area contributed by atoms with Crippen LogP contribution in [0.1, 0.15) is 5.56 Å². The maximum Gasteiger partial charge on any atom is 0.194 e. The maximum absolute atomic E-state index is 5.46. The fraction of sp³-hybridized carbons (Fsp3) is 0.300. The molecule has 0 atom stereocenters. The van der Waals surface area contributed by atoms with Crippen LogP contribution in [0, 0.1) is 0 Å². The van der Waals surface area contributed by atoms with E-state index in [1.807, 2.05) is 12.1 Å². The van der Waals surface area contributed by atoms with Gasteiger partial charge in [0.05, 0.1) is 0 Å². The first-order chi connectivity index (χ1) is 7.72. The highest BCUT2D eigenvalue weighted by atomic mass is 32.1. The number of hydrogen-bond donors (Lipinski definition) is 3. The molecule has 0 aliphatic heterocycles. The Hall–Kier alpha value is -1.69. The lowest BCUT2D eigenvalue weighted by atomic mass is 10.2. The molecule has 0 fully saturated rings. The van der Waals surface area contributed by atoms with Gasteiger partial charge < -0.3 is 16.4 Å². The van der Waals surface area contributed by atoms with Gasteiger partial charge in [-0.2, -0.15) is 0 Å². The Morgan fingerprint density at radius 1 is 1.50 bits per heavy atom. The molecule has 1 aromatic heterocycles. The number of nitrogens with one attached hydrogen (secondary N) is 2. The highest BCUT2D eigenvalue weighted by Crippen LogP contribution is 1.95. The van der Waals surface area contributed by atoms with Crippen molar-refractivity contribution in [1.82, 2.24) is 15.6 Å². The van der Waals surface area contributed by atoms with Gasteiger partial charge in [-0.05, 0) is 36.3 Å². The van der Waals surface area contributed by atoms with E-state index in [2.05, 4.69) is 20.6 Å². The van der Waals surface area contributed by atoms with Crippen molar-refractivity contribution in [3.05, 3.63) is 30.1 Å². The summed E-state index contributed by atoms with van der Waals surface area (Å²) in [6, 6.07) is 3.94. The molecule has 1 rings (SSSR count). The first-order valence-electron chi connectivity index (χ1n) is 4.88. The molecule has 0 saturated heterocycles. The molecule has 0 bridgehead atoms. The normalized spacial score (nSPS) is 10.9. The third-order valence-electron chi connectivity index (χ3n) is 1.93. The number of thiocarbonyl (C=S) groups is 1. The molecule has 0 unspecified atom stereocenters. The van der Waals surface area contributed by atoms with Crippen molar-refractivity contribution >= 4 is 23.3 Å².